The Kier molecular flexibility index (Phi) is 5.45. The van der Waals surface area contributed by atoms with Crippen molar-refractivity contribution >= 4 is 34.1 Å². The number of hydrogen-bond donors (Lipinski definition) is 1. The molecular formula is C21H24N2O5S. The number of anilines is 1. The molecule has 3 heterocycles. The molecule has 7 nitrogen and oxygen atoms in total. The van der Waals surface area contributed by atoms with Crippen LogP contribution in [-0.4, -0.2) is 41.9 Å². The van der Waals surface area contributed by atoms with Crippen molar-refractivity contribution in [3.05, 3.63) is 40.7 Å². The lowest BCUT2D eigenvalue weighted by molar-refractivity contribution is -0.145. The lowest BCUT2D eigenvalue weighted by Crippen LogP contribution is -2.46. The third-order valence-electron chi connectivity index (χ3n) is 5.89. The lowest BCUT2D eigenvalue weighted by atomic mass is 9.84. The normalized spacial score (nSPS) is 23.5. The van der Waals surface area contributed by atoms with Crippen LogP contribution in [0.2, 0.25) is 0 Å². The second kappa shape index (κ2) is 8.02. The van der Waals surface area contributed by atoms with E-state index in [2.05, 4.69) is 5.32 Å². The summed E-state index contributed by atoms with van der Waals surface area (Å²) in [6.45, 7) is 1.84. The largest absolute Gasteiger partial charge is 0.467 e. The summed E-state index contributed by atoms with van der Waals surface area (Å²) in [5.74, 6) is -0.324. The molecule has 2 aromatic heterocycles. The number of rotatable bonds is 4. The van der Waals surface area contributed by atoms with E-state index in [1.165, 1.54) is 24.7 Å². The summed E-state index contributed by atoms with van der Waals surface area (Å²) < 4.78 is 10.1. The molecule has 1 aliphatic carbocycles. The quantitative estimate of drug-likeness (QED) is 0.765. The molecule has 0 radical (unpaired) electrons. The number of carbonyl (C=O) groups excluding carboxylic acids is 3. The number of hydrogen-bond acceptors (Lipinski definition) is 6. The number of fused-ring (bicyclic) bond motifs is 1. The Hall–Kier alpha value is -2.61. The van der Waals surface area contributed by atoms with Gasteiger partial charge in [0.15, 0.2) is 5.76 Å². The fraction of sp³-hybridized carbons (Fsp3) is 0.476. The maximum Gasteiger partial charge on any atom is 0.328 e. The Morgan fingerprint density at radius 3 is 2.79 bits per heavy atom. The predicted octanol–water partition coefficient (Wildman–Crippen LogP) is 3.85. The van der Waals surface area contributed by atoms with Crippen molar-refractivity contribution in [2.75, 3.05) is 12.4 Å². The number of aryl methyl sites for hydroxylation is 1. The van der Waals surface area contributed by atoms with Crippen molar-refractivity contribution in [2.45, 2.75) is 51.1 Å². The van der Waals surface area contributed by atoms with Crippen molar-refractivity contribution in [1.29, 1.82) is 0 Å². The van der Waals surface area contributed by atoms with E-state index < -0.39 is 6.04 Å². The highest BCUT2D eigenvalue weighted by Crippen LogP contribution is 2.42. The fourth-order valence-corrected chi connectivity index (χ4v) is 5.57. The van der Waals surface area contributed by atoms with E-state index in [-0.39, 0.29) is 29.6 Å². The molecule has 2 aliphatic rings. The Morgan fingerprint density at radius 1 is 1.28 bits per heavy atom. The Labute approximate surface area is 173 Å². The number of ether oxygens (including phenoxy) is 1. The zero-order valence-corrected chi connectivity index (χ0v) is 17.3. The van der Waals surface area contributed by atoms with Crippen LogP contribution in [0, 0.1) is 12.8 Å². The van der Waals surface area contributed by atoms with Gasteiger partial charge in [-0.2, -0.15) is 0 Å². The minimum absolute atomic E-state index is 0.0722. The molecule has 4 rings (SSSR count). The maximum absolute atomic E-state index is 13.5. The summed E-state index contributed by atoms with van der Waals surface area (Å²) in [5, 5.41) is 3.35. The van der Waals surface area contributed by atoms with Gasteiger partial charge in [0.2, 0.25) is 0 Å². The molecule has 2 aromatic rings. The zero-order valence-electron chi connectivity index (χ0n) is 16.5. The van der Waals surface area contributed by atoms with E-state index in [9.17, 15) is 14.4 Å². The van der Waals surface area contributed by atoms with Crippen molar-refractivity contribution in [1.82, 2.24) is 4.90 Å². The molecule has 1 saturated heterocycles. The zero-order chi connectivity index (χ0) is 20.5. The van der Waals surface area contributed by atoms with Crippen LogP contribution in [0.4, 0.5) is 5.00 Å². The highest BCUT2D eigenvalue weighted by molar-refractivity contribution is 7.18. The van der Waals surface area contributed by atoms with E-state index >= 15 is 0 Å². The Bertz CT molecular complexity index is 920. The van der Waals surface area contributed by atoms with E-state index in [1.807, 2.05) is 6.92 Å². The molecule has 8 heteroatoms. The van der Waals surface area contributed by atoms with Crippen LogP contribution in [0.1, 0.15) is 57.9 Å². The van der Waals surface area contributed by atoms with Crippen LogP contribution < -0.4 is 5.32 Å². The average molecular weight is 416 g/mol. The number of nitrogens with zero attached hydrogens (tertiary/aromatic N) is 1. The molecule has 2 fully saturated rings. The van der Waals surface area contributed by atoms with Crippen LogP contribution >= 0.6 is 11.3 Å². The second-order valence-corrected chi connectivity index (χ2v) is 8.71. The molecule has 2 amide bonds. The van der Waals surface area contributed by atoms with Gasteiger partial charge in [0.25, 0.3) is 11.8 Å². The van der Waals surface area contributed by atoms with Gasteiger partial charge in [-0.1, -0.05) is 12.8 Å². The Morgan fingerprint density at radius 2 is 2.07 bits per heavy atom. The number of likely N-dealkylation sites (tertiary alicyclic amines) is 1. The standard InChI is InChI=1S/C21H24N2O5S/c1-12-10-17(22-19(24)16-8-5-9-28-16)29-18(12)20(25)23-14-7-4-3-6-13(14)11-15(23)21(26)27-2/h5,8-10,13-15H,3-4,6-7,11H2,1-2H3,(H,22,24). The average Bonchev–Trinajstić information content (AvgIpc) is 3.45. The summed E-state index contributed by atoms with van der Waals surface area (Å²) in [4.78, 5) is 40.4. The van der Waals surface area contributed by atoms with Crippen molar-refractivity contribution < 1.29 is 23.5 Å². The minimum Gasteiger partial charge on any atom is -0.467 e. The molecule has 1 N–H and O–H groups in total. The van der Waals surface area contributed by atoms with Gasteiger partial charge in [-0.3, -0.25) is 9.59 Å². The van der Waals surface area contributed by atoms with Crippen molar-refractivity contribution in [2.24, 2.45) is 5.92 Å². The number of amides is 2. The highest BCUT2D eigenvalue weighted by Gasteiger charge is 2.48. The van der Waals surface area contributed by atoms with Crippen LogP contribution in [0.25, 0.3) is 0 Å². The first-order chi connectivity index (χ1) is 14.0. The molecular weight excluding hydrogens is 392 g/mol. The van der Waals surface area contributed by atoms with Crippen LogP contribution in [0.3, 0.4) is 0 Å². The summed E-state index contributed by atoms with van der Waals surface area (Å²) in [6.07, 6.45) is 6.25. The first kappa shape index (κ1) is 19.7. The predicted molar refractivity (Wildman–Crippen MR) is 108 cm³/mol. The van der Waals surface area contributed by atoms with Gasteiger partial charge in [0.1, 0.15) is 6.04 Å². The first-order valence-corrected chi connectivity index (χ1v) is 10.7. The molecule has 154 valence electrons. The smallest absolute Gasteiger partial charge is 0.328 e. The number of nitrogens with one attached hydrogen (secondary N) is 1. The van der Waals surface area contributed by atoms with Crippen molar-refractivity contribution in [3.63, 3.8) is 0 Å². The summed E-state index contributed by atoms with van der Waals surface area (Å²) in [7, 11) is 1.37. The van der Waals surface area contributed by atoms with Gasteiger partial charge in [0.05, 0.1) is 23.3 Å². The topological polar surface area (TPSA) is 88.9 Å². The van der Waals surface area contributed by atoms with E-state index in [4.69, 9.17) is 9.15 Å². The summed E-state index contributed by atoms with van der Waals surface area (Å²) in [6, 6.07) is 4.53. The highest BCUT2D eigenvalue weighted by atomic mass is 32.1. The lowest BCUT2D eigenvalue weighted by Gasteiger charge is -2.33. The van der Waals surface area contributed by atoms with Gasteiger partial charge >= 0.3 is 5.97 Å². The SMILES string of the molecule is COC(=O)C1CC2CCCCC2N1C(=O)c1sc(NC(=O)c2ccco2)cc1C. The number of furan rings is 1. The molecule has 3 unspecified atom stereocenters. The van der Waals surface area contributed by atoms with Gasteiger partial charge in [-0.05, 0) is 55.9 Å². The van der Waals surface area contributed by atoms with E-state index in [0.29, 0.717) is 22.2 Å². The van der Waals surface area contributed by atoms with E-state index in [1.54, 1.807) is 23.1 Å². The van der Waals surface area contributed by atoms with E-state index in [0.717, 1.165) is 31.2 Å². The summed E-state index contributed by atoms with van der Waals surface area (Å²) >= 11 is 1.22. The number of carbonyl (C=O) groups is 3. The first-order valence-electron chi connectivity index (χ1n) is 9.85. The molecule has 0 aromatic carbocycles. The van der Waals surface area contributed by atoms with Gasteiger partial charge in [0, 0.05) is 6.04 Å². The number of methoxy groups -OCH3 is 1. The third-order valence-corrected chi connectivity index (χ3v) is 7.03. The van der Waals surface area contributed by atoms with Crippen LogP contribution in [-0.2, 0) is 9.53 Å². The van der Waals surface area contributed by atoms with Gasteiger partial charge in [-0.15, -0.1) is 11.3 Å². The fourth-order valence-electron chi connectivity index (χ4n) is 4.55. The monoisotopic (exact) mass is 416 g/mol. The molecule has 1 saturated carbocycles. The Balaban J connectivity index is 1.58. The molecule has 0 spiro atoms. The molecule has 3 atom stereocenters. The third kappa shape index (κ3) is 3.69. The second-order valence-electron chi connectivity index (χ2n) is 7.65. The number of thiophene rings is 1. The maximum atomic E-state index is 13.5. The molecule has 0 bridgehead atoms. The molecule has 1 aliphatic heterocycles. The van der Waals surface area contributed by atoms with Crippen LogP contribution in [0.15, 0.2) is 28.9 Å². The van der Waals surface area contributed by atoms with Crippen LogP contribution in [0.5, 0.6) is 0 Å². The van der Waals surface area contributed by atoms with Gasteiger partial charge in [-0.25, -0.2) is 4.79 Å². The minimum atomic E-state index is -0.539. The molecule has 29 heavy (non-hydrogen) atoms. The summed E-state index contributed by atoms with van der Waals surface area (Å²) in [5.41, 5.74) is 0.776. The number of esters is 1. The van der Waals surface area contributed by atoms with Gasteiger partial charge < -0.3 is 19.4 Å². The van der Waals surface area contributed by atoms with Crippen molar-refractivity contribution in [3.8, 4) is 0 Å².